The van der Waals surface area contributed by atoms with Gasteiger partial charge in [-0.15, -0.1) is 11.8 Å². The van der Waals surface area contributed by atoms with Gasteiger partial charge in [0.25, 0.3) is 0 Å². The van der Waals surface area contributed by atoms with E-state index in [1.807, 2.05) is 0 Å². The van der Waals surface area contributed by atoms with Crippen molar-refractivity contribution in [2.24, 2.45) is 0 Å². The number of hydrogen-bond acceptors (Lipinski definition) is 2. The number of halogens is 1. The van der Waals surface area contributed by atoms with Gasteiger partial charge in [0.2, 0.25) is 0 Å². The highest BCUT2D eigenvalue weighted by Gasteiger charge is 2.09. The molecule has 1 atom stereocenters. The lowest BCUT2D eigenvalue weighted by molar-refractivity contribution is 0.0697. The van der Waals surface area contributed by atoms with E-state index in [1.54, 1.807) is 23.9 Å². The Morgan fingerprint density at radius 2 is 2.27 bits per heavy atom. The second-order valence-corrected chi connectivity index (χ2v) is 5.17. The zero-order valence-corrected chi connectivity index (χ0v) is 10.2. The molecule has 0 aliphatic heterocycles. The summed E-state index contributed by atoms with van der Waals surface area (Å²) in [5.74, 6) is -0.947. The van der Waals surface area contributed by atoms with Crippen molar-refractivity contribution < 1.29 is 9.90 Å². The maximum absolute atomic E-state index is 10.7. The van der Waals surface area contributed by atoms with Gasteiger partial charge in [-0.2, -0.15) is 0 Å². The highest BCUT2D eigenvalue weighted by atomic mass is 35.5. The average Bonchev–Trinajstić information content (AvgIpc) is 2.20. The summed E-state index contributed by atoms with van der Waals surface area (Å²) in [7, 11) is 0. The molecule has 0 bridgehead atoms. The van der Waals surface area contributed by atoms with Crippen molar-refractivity contribution in [1.29, 1.82) is 0 Å². The molecule has 0 fully saturated rings. The number of rotatable bonds is 4. The summed E-state index contributed by atoms with van der Waals surface area (Å²) in [6.07, 6.45) is 1.06. The normalized spacial score (nSPS) is 12.5. The zero-order valence-electron chi connectivity index (χ0n) is 8.66. The fraction of sp³-hybridized carbons (Fsp3) is 0.364. The fourth-order valence-corrected chi connectivity index (χ4v) is 2.26. The minimum atomic E-state index is -0.947. The molecule has 2 nitrogen and oxygen atoms in total. The lowest BCUT2D eigenvalue weighted by atomic mass is 10.2. The third-order valence-corrected chi connectivity index (χ3v) is 3.85. The van der Waals surface area contributed by atoms with Gasteiger partial charge in [0.15, 0.2) is 0 Å². The first-order chi connectivity index (χ1) is 7.04. The van der Waals surface area contributed by atoms with Crippen molar-refractivity contribution >= 4 is 29.3 Å². The monoisotopic (exact) mass is 244 g/mol. The summed E-state index contributed by atoms with van der Waals surface area (Å²) in [5.41, 5.74) is 0.230. The molecule has 15 heavy (non-hydrogen) atoms. The van der Waals surface area contributed by atoms with Crippen LogP contribution in [-0.4, -0.2) is 16.3 Å². The van der Waals surface area contributed by atoms with Crippen LogP contribution >= 0.6 is 23.4 Å². The van der Waals surface area contributed by atoms with Crippen LogP contribution in [0.4, 0.5) is 0 Å². The van der Waals surface area contributed by atoms with Gasteiger partial charge in [0.1, 0.15) is 0 Å². The Morgan fingerprint density at radius 1 is 1.60 bits per heavy atom. The van der Waals surface area contributed by atoms with Crippen molar-refractivity contribution in [3.8, 4) is 0 Å². The van der Waals surface area contributed by atoms with Gasteiger partial charge >= 0.3 is 5.97 Å². The zero-order chi connectivity index (χ0) is 11.4. The molecule has 82 valence electrons. The number of carbonyl (C=O) groups is 1. The topological polar surface area (TPSA) is 37.3 Å². The molecule has 0 saturated carbocycles. The first-order valence-electron chi connectivity index (χ1n) is 4.74. The molecule has 0 aliphatic rings. The van der Waals surface area contributed by atoms with Crippen molar-refractivity contribution in [2.45, 2.75) is 30.4 Å². The van der Waals surface area contributed by atoms with E-state index >= 15 is 0 Å². The van der Waals surface area contributed by atoms with Gasteiger partial charge < -0.3 is 5.11 Å². The van der Waals surface area contributed by atoms with E-state index in [1.165, 1.54) is 6.07 Å². The molecule has 0 aliphatic carbocycles. The number of carboxylic acid groups (broad SMARTS) is 1. The predicted molar refractivity (Wildman–Crippen MR) is 64.0 cm³/mol. The minimum absolute atomic E-state index is 0.230. The molecule has 4 heteroatoms. The Labute approximate surface area is 98.6 Å². The van der Waals surface area contributed by atoms with Gasteiger partial charge in [0.05, 0.1) is 10.6 Å². The van der Waals surface area contributed by atoms with Crippen LogP contribution in [0.5, 0.6) is 0 Å². The Hall–Kier alpha value is -0.670. The van der Waals surface area contributed by atoms with Crippen LogP contribution in [0.1, 0.15) is 30.6 Å². The van der Waals surface area contributed by atoms with Crippen LogP contribution in [0.2, 0.25) is 5.02 Å². The van der Waals surface area contributed by atoms with Crippen molar-refractivity contribution in [3.63, 3.8) is 0 Å². The Morgan fingerprint density at radius 3 is 2.73 bits per heavy atom. The second-order valence-electron chi connectivity index (χ2n) is 3.29. The number of thioether (sulfide) groups is 1. The van der Waals surface area contributed by atoms with E-state index in [4.69, 9.17) is 16.7 Å². The molecule has 0 saturated heterocycles. The van der Waals surface area contributed by atoms with Crippen LogP contribution in [0.25, 0.3) is 0 Å². The predicted octanol–water partition coefficient (Wildman–Crippen LogP) is 3.93. The Bertz CT molecular complexity index is 366. The first kappa shape index (κ1) is 12.4. The van der Waals surface area contributed by atoms with Gasteiger partial charge in [-0.25, -0.2) is 4.79 Å². The summed E-state index contributed by atoms with van der Waals surface area (Å²) in [4.78, 5) is 11.6. The summed E-state index contributed by atoms with van der Waals surface area (Å²) in [5, 5.41) is 9.76. The average molecular weight is 245 g/mol. The molecular formula is C11H13ClO2S. The maximum atomic E-state index is 10.7. The van der Waals surface area contributed by atoms with Crippen LogP contribution in [-0.2, 0) is 0 Å². The molecule has 1 aromatic rings. The molecular weight excluding hydrogens is 232 g/mol. The molecule has 1 rings (SSSR count). The van der Waals surface area contributed by atoms with E-state index in [-0.39, 0.29) is 5.56 Å². The van der Waals surface area contributed by atoms with E-state index in [9.17, 15) is 4.79 Å². The molecule has 0 heterocycles. The van der Waals surface area contributed by atoms with Crippen LogP contribution in [0.15, 0.2) is 23.1 Å². The largest absolute Gasteiger partial charge is 0.478 e. The molecule has 0 amide bonds. The SMILES string of the molecule is CCC(C)Sc1ccc(C(=O)O)cc1Cl. The van der Waals surface area contributed by atoms with E-state index in [0.717, 1.165) is 11.3 Å². The van der Waals surface area contributed by atoms with E-state index in [2.05, 4.69) is 13.8 Å². The number of carboxylic acids is 1. The molecule has 0 radical (unpaired) electrons. The summed E-state index contributed by atoms with van der Waals surface area (Å²) in [6, 6.07) is 4.84. The Kier molecular flexibility index (Phi) is 4.48. The van der Waals surface area contributed by atoms with Gasteiger partial charge in [-0.3, -0.25) is 0 Å². The van der Waals surface area contributed by atoms with Gasteiger partial charge in [0, 0.05) is 10.1 Å². The van der Waals surface area contributed by atoms with Crippen LogP contribution in [0, 0.1) is 0 Å². The van der Waals surface area contributed by atoms with Crippen LogP contribution < -0.4 is 0 Å². The number of hydrogen-bond donors (Lipinski definition) is 1. The summed E-state index contributed by atoms with van der Waals surface area (Å²) < 4.78 is 0. The van der Waals surface area contributed by atoms with Gasteiger partial charge in [-0.05, 0) is 24.6 Å². The Balaban J connectivity index is 2.88. The molecule has 1 unspecified atom stereocenters. The molecule has 1 aromatic carbocycles. The van der Waals surface area contributed by atoms with Crippen LogP contribution in [0.3, 0.4) is 0 Å². The maximum Gasteiger partial charge on any atom is 0.335 e. The quantitative estimate of drug-likeness (QED) is 0.816. The highest BCUT2D eigenvalue weighted by Crippen LogP contribution is 2.32. The standard InChI is InChI=1S/C11H13ClO2S/c1-3-7(2)15-10-5-4-8(11(13)14)6-9(10)12/h4-7H,3H2,1-2H3,(H,13,14). The third-order valence-electron chi connectivity index (χ3n) is 2.08. The summed E-state index contributed by atoms with van der Waals surface area (Å²) in [6.45, 7) is 4.23. The fourth-order valence-electron chi connectivity index (χ4n) is 1.03. The van der Waals surface area contributed by atoms with E-state index in [0.29, 0.717) is 10.3 Å². The first-order valence-corrected chi connectivity index (χ1v) is 5.99. The smallest absolute Gasteiger partial charge is 0.335 e. The van der Waals surface area contributed by atoms with Gasteiger partial charge in [-0.1, -0.05) is 25.4 Å². The van der Waals surface area contributed by atoms with Crippen molar-refractivity contribution in [2.75, 3.05) is 0 Å². The number of aromatic carboxylic acids is 1. The third kappa shape index (κ3) is 3.43. The highest BCUT2D eigenvalue weighted by molar-refractivity contribution is 8.00. The molecule has 0 aromatic heterocycles. The minimum Gasteiger partial charge on any atom is -0.478 e. The second kappa shape index (κ2) is 5.42. The number of benzene rings is 1. The molecule has 0 spiro atoms. The molecule has 1 N–H and O–H groups in total. The van der Waals surface area contributed by atoms with Crippen molar-refractivity contribution in [1.82, 2.24) is 0 Å². The summed E-state index contributed by atoms with van der Waals surface area (Å²) >= 11 is 7.66. The van der Waals surface area contributed by atoms with Crippen molar-refractivity contribution in [3.05, 3.63) is 28.8 Å². The lowest BCUT2D eigenvalue weighted by Gasteiger charge is -2.09. The lowest BCUT2D eigenvalue weighted by Crippen LogP contribution is -1.97. The van der Waals surface area contributed by atoms with E-state index < -0.39 is 5.97 Å².